The van der Waals surface area contributed by atoms with Crippen molar-refractivity contribution < 1.29 is 0 Å². The van der Waals surface area contributed by atoms with Crippen LogP contribution in [0.4, 0.5) is 5.82 Å². The maximum Gasteiger partial charge on any atom is 0.140 e. The van der Waals surface area contributed by atoms with Crippen molar-refractivity contribution >= 4 is 37.7 Å². The maximum atomic E-state index is 9.52. The van der Waals surface area contributed by atoms with Crippen LogP contribution in [0.15, 0.2) is 51.4 Å². The molecule has 0 unspecified atom stereocenters. The molecule has 26 heavy (non-hydrogen) atoms. The summed E-state index contributed by atoms with van der Waals surface area (Å²) >= 11 is 7.05. The van der Waals surface area contributed by atoms with Gasteiger partial charge in [0.1, 0.15) is 23.1 Å². The number of aryl methyl sites for hydroxylation is 2. The van der Waals surface area contributed by atoms with Gasteiger partial charge in [-0.3, -0.25) is 0 Å². The molecule has 0 saturated carbocycles. The van der Waals surface area contributed by atoms with Crippen molar-refractivity contribution in [3.8, 4) is 17.3 Å². The molecule has 0 amide bonds. The molecule has 4 N–H and O–H groups in total. The minimum absolute atomic E-state index is 0.386. The molecular weight excluding hydrogens is 458 g/mol. The molecule has 0 radical (unpaired) electrons. The lowest BCUT2D eigenvalue weighted by molar-refractivity contribution is 0.624. The van der Waals surface area contributed by atoms with E-state index >= 15 is 0 Å². The van der Waals surface area contributed by atoms with Crippen molar-refractivity contribution in [3.63, 3.8) is 0 Å². The van der Waals surface area contributed by atoms with Crippen LogP contribution in [0.1, 0.15) is 16.7 Å². The van der Waals surface area contributed by atoms with Gasteiger partial charge in [-0.15, -0.1) is 0 Å². The molecule has 0 fully saturated rings. The van der Waals surface area contributed by atoms with Gasteiger partial charge in [-0.05, 0) is 35.7 Å². The van der Waals surface area contributed by atoms with Crippen LogP contribution < -0.4 is 11.5 Å². The summed E-state index contributed by atoms with van der Waals surface area (Å²) in [6.45, 7) is 1.06. The molecular formula is C19H17Br2N5. The van der Waals surface area contributed by atoms with Crippen LogP contribution in [-0.4, -0.2) is 9.78 Å². The predicted molar refractivity (Wildman–Crippen MR) is 110 cm³/mol. The number of anilines is 1. The minimum Gasteiger partial charge on any atom is -0.383 e. The van der Waals surface area contributed by atoms with Gasteiger partial charge in [-0.2, -0.15) is 10.4 Å². The van der Waals surface area contributed by atoms with Crippen molar-refractivity contribution in [2.45, 2.75) is 19.5 Å². The highest BCUT2D eigenvalue weighted by Crippen LogP contribution is 2.28. The van der Waals surface area contributed by atoms with Crippen LogP contribution in [0.25, 0.3) is 11.3 Å². The Morgan fingerprint density at radius 1 is 1.12 bits per heavy atom. The summed E-state index contributed by atoms with van der Waals surface area (Å²) in [5.41, 5.74) is 15.8. The first-order valence-corrected chi connectivity index (χ1v) is 9.61. The van der Waals surface area contributed by atoms with E-state index in [-0.39, 0.29) is 0 Å². The topological polar surface area (TPSA) is 93.6 Å². The summed E-state index contributed by atoms with van der Waals surface area (Å²) in [7, 11) is 0. The molecule has 3 rings (SSSR count). The smallest absolute Gasteiger partial charge is 0.140 e. The maximum absolute atomic E-state index is 9.52. The zero-order valence-corrected chi connectivity index (χ0v) is 17.1. The summed E-state index contributed by atoms with van der Waals surface area (Å²) in [5, 5.41) is 14.1. The molecule has 0 bridgehead atoms. The highest BCUT2D eigenvalue weighted by atomic mass is 79.9. The van der Waals surface area contributed by atoms with Crippen molar-refractivity contribution in [1.29, 1.82) is 5.26 Å². The van der Waals surface area contributed by atoms with Gasteiger partial charge < -0.3 is 11.5 Å². The highest BCUT2D eigenvalue weighted by molar-refractivity contribution is 9.11. The molecule has 5 nitrogen and oxygen atoms in total. The number of nitrogens with two attached hydrogens (primary N) is 2. The molecule has 2 aromatic carbocycles. The van der Waals surface area contributed by atoms with Gasteiger partial charge in [0.25, 0.3) is 0 Å². The number of nitriles is 1. The second kappa shape index (κ2) is 8.04. The molecule has 132 valence electrons. The minimum atomic E-state index is 0.386. The molecule has 0 spiro atoms. The third-order valence-electron chi connectivity index (χ3n) is 4.17. The lowest BCUT2D eigenvalue weighted by Crippen LogP contribution is -2.07. The van der Waals surface area contributed by atoms with Gasteiger partial charge in [0.15, 0.2) is 0 Å². The van der Waals surface area contributed by atoms with E-state index in [1.807, 2.05) is 36.4 Å². The average Bonchev–Trinajstić information content (AvgIpc) is 2.98. The average molecular weight is 475 g/mol. The zero-order chi connectivity index (χ0) is 18.7. The van der Waals surface area contributed by atoms with Crippen molar-refractivity contribution in [2.75, 3.05) is 5.73 Å². The fourth-order valence-corrected chi connectivity index (χ4v) is 3.57. The summed E-state index contributed by atoms with van der Waals surface area (Å²) in [5.74, 6) is 0.386. The summed E-state index contributed by atoms with van der Waals surface area (Å²) in [4.78, 5) is 0. The Hall–Kier alpha value is -2.14. The summed E-state index contributed by atoms with van der Waals surface area (Å²) < 4.78 is 3.74. The van der Waals surface area contributed by atoms with Crippen molar-refractivity contribution in [1.82, 2.24) is 9.78 Å². The number of aromatic nitrogens is 2. The molecule has 7 heteroatoms. The molecule has 0 aliphatic carbocycles. The number of benzene rings is 2. The van der Waals surface area contributed by atoms with E-state index in [4.69, 9.17) is 11.5 Å². The van der Waals surface area contributed by atoms with Gasteiger partial charge in [0.05, 0.1) is 0 Å². The number of hydrogen-bond donors (Lipinski definition) is 2. The molecule has 0 saturated heterocycles. The fourth-order valence-electron chi connectivity index (χ4n) is 2.72. The van der Waals surface area contributed by atoms with Crippen LogP contribution >= 0.6 is 31.9 Å². The summed E-state index contributed by atoms with van der Waals surface area (Å²) in [6, 6.07) is 15.9. The number of nitrogens with zero attached hydrogens (tertiary/aromatic N) is 3. The summed E-state index contributed by atoms with van der Waals surface area (Å²) in [6.07, 6.45) is 0.738. The Morgan fingerprint density at radius 3 is 2.50 bits per heavy atom. The largest absolute Gasteiger partial charge is 0.383 e. The normalized spacial score (nSPS) is 10.7. The van der Waals surface area contributed by atoms with Crippen molar-refractivity contribution in [2.24, 2.45) is 5.73 Å². The number of nitrogen functional groups attached to an aromatic ring is 1. The molecule has 0 atom stereocenters. The second-order valence-electron chi connectivity index (χ2n) is 5.83. The van der Waals surface area contributed by atoms with Crippen molar-refractivity contribution in [3.05, 3.63) is 68.1 Å². The van der Waals surface area contributed by atoms with Gasteiger partial charge in [0, 0.05) is 27.6 Å². The van der Waals surface area contributed by atoms with Crippen LogP contribution in [0, 0.1) is 11.3 Å². The lowest BCUT2D eigenvalue weighted by Gasteiger charge is -2.07. The van der Waals surface area contributed by atoms with E-state index in [0.29, 0.717) is 30.2 Å². The zero-order valence-electron chi connectivity index (χ0n) is 13.9. The Balaban J connectivity index is 1.90. The molecule has 0 aliphatic rings. The van der Waals surface area contributed by atoms with Crippen LogP contribution in [0.3, 0.4) is 0 Å². The standard InChI is InChI=1S/C19H17Br2N5/c20-15-5-6-17(21)14(9-15)7-8-26-19(24)16(11-23)18(25-26)13-3-1-12(10-22)2-4-13/h1-6,9H,7-8,10,22,24H2. The van der Waals surface area contributed by atoms with Gasteiger partial charge >= 0.3 is 0 Å². The van der Waals surface area contributed by atoms with Crippen LogP contribution in [0.2, 0.25) is 0 Å². The third-order valence-corrected chi connectivity index (χ3v) is 5.43. The van der Waals surface area contributed by atoms with E-state index < -0.39 is 0 Å². The Kier molecular flexibility index (Phi) is 5.77. The van der Waals surface area contributed by atoms with E-state index in [9.17, 15) is 5.26 Å². The van der Waals surface area contributed by atoms with E-state index in [1.54, 1.807) is 4.68 Å². The van der Waals surface area contributed by atoms with E-state index in [1.165, 1.54) is 0 Å². The Labute approximate surface area is 168 Å². The number of halogens is 2. The van der Waals surface area contributed by atoms with Crippen LogP contribution in [0.5, 0.6) is 0 Å². The first-order chi connectivity index (χ1) is 12.5. The molecule has 0 aliphatic heterocycles. The van der Waals surface area contributed by atoms with Crippen LogP contribution in [-0.2, 0) is 19.5 Å². The molecule has 1 aromatic heterocycles. The first-order valence-electron chi connectivity index (χ1n) is 8.03. The fraction of sp³-hybridized carbons (Fsp3) is 0.158. The Morgan fingerprint density at radius 2 is 1.85 bits per heavy atom. The van der Waals surface area contributed by atoms with Gasteiger partial charge in [0.2, 0.25) is 0 Å². The van der Waals surface area contributed by atoms with E-state index in [2.05, 4.69) is 49.1 Å². The predicted octanol–water partition coefficient (Wildman–Crippen LogP) is 4.23. The third kappa shape index (κ3) is 3.83. The van der Waals surface area contributed by atoms with Gasteiger partial charge in [-0.25, -0.2) is 4.68 Å². The first kappa shape index (κ1) is 18.6. The lowest BCUT2D eigenvalue weighted by atomic mass is 10.1. The number of hydrogen-bond acceptors (Lipinski definition) is 4. The monoisotopic (exact) mass is 473 g/mol. The van der Waals surface area contributed by atoms with E-state index in [0.717, 1.165) is 32.1 Å². The number of rotatable bonds is 5. The second-order valence-corrected chi connectivity index (χ2v) is 7.60. The van der Waals surface area contributed by atoms with Gasteiger partial charge in [-0.1, -0.05) is 56.1 Å². The Bertz CT molecular complexity index is 971. The molecule has 1 heterocycles. The highest BCUT2D eigenvalue weighted by Gasteiger charge is 2.17. The SMILES string of the molecule is N#Cc1c(-c2ccc(CN)cc2)nn(CCc2cc(Br)ccc2Br)c1N. The molecule has 3 aromatic rings. The quantitative estimate of drug-likeness (QED) is 0.578.